The molecule has 0 bridgehead atoms. The van der Waals surface area contributed by atoms with Crippen molar-refractivity contribution in [3.05, 3.63) is 50.1 Å². The van der Waals surface area contributed by atoms with E-state index in [0.717, 1.165) is 27.9 Å². The molecule has 0 aliphatic rings. The number of hydrogen-bond donors (Lipinski definition) is 0. The van der Waals surface area contributed by atoms with Crippen molar-refractivity contribution in [1.82, 2.24) is 24.8 Å². The van der Waals surface area contributed by atoms with E-state index in [0.29, 0.717) is 6.54 Å². The van der Waals surface area contributed by atoms with Gasteiger partial charge in [0.05, 0.1) is 5.69 Å². The molecule has 0 atom stereocenters. The second-order valence-electron chi connectivity index (χ2n) is 5.31. The highest BCUT2D eigenvalue weighted by atomic mass is 32.2. The molecule has 0 saturated heterocycles. The normalized spacial score (nSPS) is 11.1. The molecule has 120 valence electrons. The highest BCUT2D eigenvalue weighted by molar-refractivity contribution is 7.99. The second-order valence-corrected chi connectivity index (χ2v) is 7.19. The molecule has 0 aliphatic carbocycles. The first kappa shape index (κ1) is 15.9. The van der Waals surface area contributed by atoms with E-state index in [1.807, 2.05) is 31.4 Å². The molecule has 0 radical (unpaired) electrons. The molecule has 0 spiro atoms. The fraction of sp³-hybridized carbons (Fsp3) is 0.333. The maximum atomic E-state index is 11.7. The summed E-state index contributed by atoms with van der Waals surface area (Å²) in [4.78, 5) is 11.8. The lowest BCUT2D eigenvalue weighted by Crippen LogP contribution is -2.16. The summed E-state index contributed by atoms with van der Waals surface area (Å²) in [5.41, 5.74) is 4.31. The number of aromatic nitrogens is 5. The molecule has 2 aromatic heterocycles. The first-order valence-electron chi connectivity index (χ1n) is 7.20. The summed E-state index contributed by atoms with van der Waals surface area (Å²) in [7, 11) is 0. The first-order chi connectivity index (χ1) is 11.1. The topological polar surface area (TPSA) is 65.6 Å². The quantitative estimate of drug-likeness (QED) is 0.664. The van der Waals surface area contributed by atoms with Crippen LogP contribution in [0, 0.1) is 20.8 Å². The zero-order valence-corrected chi connectivity index (χ0v) is 14.8. The Bertz CT molecular complexity index is 880. The molecule has 0 aliphatic heterocycles. The number of thioether (sulfide) groups is 1. The third kappa shape index (κ3) is 3.37. The minimum Gasteiger partial charge on any atom is -0.303 e. The number of rotatable bonds is 5. The molecule has 1 aromatic carbocycles. The highest BCUT2D eigenvalue weighted by Crippen LogP contribution is 2.21. The number of hydrogen-bond acceptors (Lipinski definition) is 6. The Kier molecular flexibility index (Phi) is 4.63. The van der Waals surface area contributed by atoms with Crippen LogP contribution in [-0.4, -0.2) is 30.5 Å². The van der Waals surface area contributed by atoms with Crippen LogP contribution >= 0.6 is 23.1 Å². The van der Waals surface area contributed by atoms with E-state index in [-0.39, 0.29) is 4.87 Å². The van der Waals surface area contributed by atoms with Gasteiger partial charge in [-0.1, -0.05) is 40.8 Å². The third-order valence-electron chi connectivity index (χ3n) is 3.54. The van der Waals surface area contributed by atoms with Crippen LogP contribution in [0.5, 0.6) is 0 Å². The lowest BCUT2D eigenvalue weighted by atomic mass is 10.1. The molecule has 0 amide bonds. The lowest BCUT2D eigenvalue weighted by molar-refractivity contribution is 0.724. The summed E-state index contributed by atoms with van der Waals surface area (Å²) in [6.07, 6.45) is 0. The number of nitrogens with zero attached hydrogens (tertiary/aromatic N) is 5. The third-order valence-corrected chi connectivity index (χ3v) is 5.32. The Morgan fingerprint density at radius 1 is 1.26 bits per heavy atom. The van der Waals surface area contributed by atoms with Crippen molar-refractivity contribution in [3.8, 4) is 5.69 Å². The molecule has 23 heavy (non-hydrogen) atoms. The van der Waals surface area contributed by atoms with E-state index in [9.17, 15) is 4.79 Å². The molecule has 0 fully saturated rings. The van der Waals surface area contributed by atoms with Crippen molar-refractivity contribution in [2.75, 3.05) is 5.75 Å². The van der Waals surface area contributed by atoms with Crippen LogP contribution in [0.3, 0.4) is 0 Å². The molecule has 0 N–H and O–H groups in total. The number of benzene rings is 1. The molecule has 0 unspecified atom stereocenters. The van der Waals surface area contributed by atoms with Gasteiger partial charge in [-0.2, -0.15) is 4.68 Å². The zero-order chi connectivity index (χ0) is 16.4. The largest absolute Gasteiger partial charge is 0.307 e. The molecule has 6 nitrogen and oxygen atoms in total. The predicted octanol–water partition coefficient (Wildman–Crippen LogP) is 2.60. The van der Waals surface area contributed by atoms with Gasteiger partial charge in [0.15, 0.2) is 0 Å². The number of tetrazole rings is 1. The number of thiazole rings is 1. The fourth-order valence-corrected chi connectivity index (χ4v) is 3.93. The monoisotopic (exact) mass is 347 g/mol. The molecule has 3 aromatic rings. The van der Waals surface area contributed by atoms with Crippen molar-refractivity contribution in [2.24, 2.45) is 0 Å². The van der Waals surface area contributed by atoms with Crippen molar-refractivity contribution in [3.63, 3.8) is 0 Å². The van der Waals surface area contributed by atoms with Crippen molar-refractivity contribution in [1.29, 1.82) is 0 Å². The number of aryl methyl sites for hydroxylation is 3. The van der Waals surface area contributed by atoms with E-state index in [2.05, 4.69) is 28.5 Å². The van der Waals surface area contributed by atoms with Crippen LogP contribution in [0.25, 0.3) is 5.69 Å². The van der Waals surface area contributed by atoms with E-state index in [1.165, 1.54) is 16.9 Å². The summed E-state index contributed by atoms with van der Waals surface area (Å²) < 4.78 is 3.53. The second kappa shape index (κ2) is 6.67. The summed E-state index contributed by atoms with van der Waals surface area (Å²) in [5, 5.41) is 14.6. The minimum absolute atomic E-state index is 0.0806. The van der Waals surface area contributed by atoms with Crippen molar-refractivity contribution >= 4 is 23.1 Å². The highest BCUT2D eigenvalue weighted by Gasteiger charge is 2.11. The van der Waals surface area contributed by atoms with Crippen LogP contribution in [0.2, 0.25) is 0 Å². The van der Waals surface area contributed by atoms with Crippen molar-refractivity contribution < 1.29 is 0 Å². The SMILES string of the molecule is Cc1ccc(-n2nnnc2SCCn2c(C)csc2=O)c(C)c1. The Morgan fingerprint density at radius 2 is 2.09 bits per heavy atom. The molecule has 2 heterocycles. The van der Waals surface area contributed by atoms with Gasteiger partial charge in [0.1, 0.15) is 0 Å². The minimum atomic E-state index is 0.0806. The molecule has 0 saturated carbocycles. The van der Waals surface area contributed by atoms with Crippen LogP contribution in [0.4, 0.5) is 0 Å². The Morgan fingerprint density at radius 3 is 2.78 bits per heavy atom. The van der Waals surface area contributed by atoms with Gasteiger partial charge in [0.25, 0.3) is 0 Å². The standard InChI is InChI=1S/C15H17N5OS2/c1-10-4-5-13(11(2)8-10)20-14(16-17-18-20)22-7-6-19-12(3)9-23-15(19)21/h4-5,8-9H,6-7H2,1-3H3. The summed E-state index contributed by atoms with van der Waals surface area (Å²) in [5.74, 6) is 0.739. The van der Waals surface area contributed by atoms with Gasteiger partial charge in [-0.25, -0.2) is 0 Å². The average Bonchev–Trinajstić information content (AvgIpc) is 3.08. The molecular formula is C15H17N5OS2. The Labute approximate surface area is 142 Å². The van der Waals surface area contributed by atoms with E-state index in [4.69, 9.17) is 0 Å². The van der Waals surface area contributed by atoms with Gasteiger partial charge in [-0.15, -0.1) is 5.10 Å². The smallest absolute Gasteiger partial charge is 0.303 e. The molecule has 3 rings (SSSR count). The Hall–Kier alpha value is -1.93. The van der Waals surface area contributed by atoms with Crippen LogP contribution < -0.4 is 4.87 Å². The lowest BCUT2D eigenvalue weighted by Gasteiger charge is -2.08. The molecule has 8 heteroatoms. The van der Waals surface area contributed by atoms with E-state index in [1.54, 1.807) is 21.0 Å². The van der Waals surface area contributed by atoms with Gasteiger partial charge >= 0.3 is 4.87 Å². The maximum absolute atomic E-state index is 11.7. The van der Waals surface area contributed by atoms with Gasteiger partial charge in [-0.05, 0) is 42.8 Å². The zero-order valence-electron chi connectivity index (χ0n) is 13.2. The molecular weight excluding hydrogens is 330 g/mol. The summed E-state index contributed by atoms with van der Waals surface area (Å²) in [6.45, 7) is 6.71. The van der Waals surface area contributed by atoms with Crippen LogP contribution in [-0.2, 0) is 6.54 Å². The summed E-state index contributed by atoms with van der Waals surface area (Å²) in [6, 6.07) is 6.19. The predicted molar refractivity (Wildman–Crippen MR) is 92.7 cm³/mol. The first-order valence-corrected chi connectivity index (χ1v) is 9.06. The Balaban J connectivity index is 1.75. The maximum Gasteiger partial charge on any atom is 0.307 e. The van der Waals surface area contributed by atoms with Gasteiger partial charge in [-0.3, -0.25) is 4.79 Å². The van der Waals surface area contributed by atoms with Crippen molar-refractivity contribution in [2.45, 2.75) is 32.5 Å². The van der Waals surface area contributed by atoms with Gasteiger partial charge in [0, 0.05) is 23.4 Å². The van der Waals surface area contributed by atoms with Gasteiger partial charge in [0.2, 0.25) is 5.16 Å². The van der Waals surface area contributed by atoms with Crippen LogP contribution in [0.1, 0.15) is 16.8 Å². The fourth-order valence-electron chi connectivity index (χ4n) is 2.37. The van der Waals surface area contributed by atoms with E-state index < -0.39 is 0 Å². The van der Waals surface area contributed by atoms with Gasteiger partial charge < -0.3 is 4.57 Å². The average molecular weight is 347 g/mol. The van der Waals surface area contributed by atoms with Crippen LogP contribution in [0.15, 0.2) is 33.5 Å². The summed E-state index contributed by atoms with van der Waals surface area (Å²) >= 11 is 2.78. The van der Waals surface area contributed by atoms with E-state index >= 15 is 0 Å².